The molecule has 0 radical (unpaired) electrons. The number of piperazine rings is 1. The van der Waals surface area contributed by atoms with Crippen LogP contribution in [0.3, 0.4) is 0 Å². The molecule has 0 unspecified atom stereocenters. The first-order valence-corrected chi connectivity index (χ1v) is 7.90. The van der Waals surface area contributed by atoms with Gasteiger partial charge in [-0.3, -0.25) is 14.6 Å². The van der Waals surface area contributed by atoms with Crippen molar-refractivity contribution >= 4 is 5.91 Å². The monoisotopic (exact) mass is 285 g/mol. The van der Waals surface area contributed by atoms with Gasteiger partial charge in [0, 0.05) is 45.8 Å². The maximum absolute atomic E-state index is 12.1. The van der Waals surface area contributed by atoms with Crippen molar-refractivity contribution in [1.29, 1.82) is 0 Å². The van der Waals surface area contributed by atoms with E-state index in [1.807, 2.05) is 18.7 Å². The molecule has 1 saturated heterocycles. The predicted molar refractivity (Wildman–Crippen MR) is 81.9 cm³/mol. The molecular formula is C15H31N3O2. The van der Waals surface area contributed by atoms with Crippen LogP contribution in [0, 0.1) is 0 Å². The zero-order chi connectivity index (χ0) is 15.0. The number of hydrogen-bond donors (Lipinski definition) is 0. The maximum Gasteiger partial charge on any atom is 0.236 e. The SMILES string of the molecule is CCN(CC)C(=O)CN1CCN(CCOC(C)C)CC1. The minimum atomic E-state index is 0.256. The molecule has 1 heterocycles. The van der Waals surface area contributed by atoms with Crippen LogP contribution in [0.15, 0.2) is 0 Å². The zero-order valence-corrected chi connectivity index (χ0v) is 13.6. The Bertz CT molecular complexity index is 272. The largest absolute Gasteiger partial charge is 0.377 e. The molecule has 0 atom stereocenters. The van der Waals surface area contributed by atoms with Gasteiger partial charge in [-0.2, -0.15) is 0 Å². The van der Waals surface area contributed by atoms with Crippen LogP contribution in [0.4, 0.5) is 0 Å². The standard InChI is InChI=1S/C15H31N3O2/c1-5-18(6-2)15(19)13-17-9-7-16(8-10-17)11-12-20-14(3)4/h14H,5-13H2,1-4H3. The lowest BCUT2D eigenvalue weighted by Gasteiger charge is -2.35. The van der Waals surface area contributed by atoms with E-state index in [9.17, 15) is 4.79 Å². The first-order chi connectivity index (χ1) is 9.56. The van der Waals surface area contributed by atoms with Gasteiger partial charge in [-0.15, -0.1) is 0 Å². The summed E-state index contributed by atoms with van der Waals surface area (Å²) in [4.78, 5) is 18.6. The van der Waals surface area contributed by atoms with E-state index in [-0.39, 0.29) is 5.91 Å². The summed E-state index contributed by atoms with van der Waals surface area (Å²) in [6.45, 7) is 16.2. The summed E-state index contributed by atoms with van der Waals surface area (Å²) in [6.07, 6.45) is 0.308. The number of carbonyl (C=O) groups excluding carboxylic acids is 1. The Labute approximate surface area is 123 Å². The third kappa shape index (κ3) is 6.20. The second-order valence-electron chi connectivity index (χ2n) is 5.60. The number of amides is 1. The van der Waals surface area contributed by atoms with Gasteiger partial charge >= 0.3 is 0 Å². The molecule has 0 N–H and O–H groups in total. The number of nitrogens with zero attached hydrogens (tertiary/aromatic N) is 3. The van der Waals surface area contributed by atoms with Crippen molar-refractivity contribution in [2.45, 2.75) is 33.8 Å². The second-order valence-corrected chi connectivity index (χ2v) is 5.60. The highest BCUT2D eigenvalue weighted by Crippen LogP contribution is 2.03. The van der Waals surface area contributed by atoms with Gasteiger partial charge in [-0.05, 0) is 27.7 Å². The Kier molecular flexibility index (Phi) is 8.11. The lowest BCUT2D eigenvalue weighted by atomic mass is 10.3. The summed E-state index contributed by atoms with van der Waals surface area (Å²) in [7, 11) is 0. The van der Waals surface area contributed by atoms with Crippen LogP contribution in [0.5, 0.6) is 0 Å². The first-order valence-electron chi connectivity index (χ1n) is 7.90. The fraction of sp³-hybridized carbons (Fsp3) is 0.933. The average Bonchev–Trinajstić information content (AvgIpc) is 2.42. The Morgan fingerprint density at radius 1 is 1.10 bits per heavy atom. The summed E-state index contributed by atoms with van der Waals surface area (Å²) in [6, 6.07) is 0. The molecule has 1 aliphatic rings. The van der Waals surface area contributed by atoms with Crippen LogP contribution in [0.2, 0.25) is 0 Å². The van der Waals surface area contributed by atoms with Gasteiger partial charge in [0.1, 0.15) is 0 Å². The van der Waals surface area contributed by atoms with Gasteiger partial charge < -0.3 is 9.64 Å². The van der Waals surface area contributed by atoms with Crippen molar-refractivity contribution in [3.05, 3.63) is 0 Å². The Hall–Kier alpha value is -0.650. The fourth-order valence-electron chi connectivity index (χ4n) is 2.46. The minimum absolute atomic E-state index is 0.256. The topological polar surface area (TPSA) is 36.0 Å². The molecule has 0 spiro atoms. The second kappa shape index (κ2) is 9.32. The predicted octanol–water partition coefficient (Wildman–Crippen LogP) is 0.897. The highest BCUT2D eigenvalue weighted by molar-refractivity contribution is 5.78. The molecule has 0 aromatic heterocycles. The normalized spacial score (nSPS) is 17.6. The molecule has 0 bridgehead atoms. The van der Waals surface area contributed by atoms with Crippen molar-refractivity contribution in [3.63, 3.8) is 0 Å². The van der Waals surface area contributed by atoms with Crippen molar-refractivity contribution < 1.29 is 9.53 Å². The summed E-state index contributed by atoms with van der Waals surface area (Å²) in [5, 5.41) is 0. The summed E-state index contributed by atoms with van der Waals surface area (Å²) >= 11 is 0. The van der Waals surface area contributed by atoms with Gasteiger partial charge in [-0.25, -0.2) is 0 Å². The number of hydrogen-bond acceptors (Lipinski definition) is 4. The van der Waals surface area contributed by atoms with E-state index in [4.69, 9.17) is 4.74 Å². The Morgan fingerprint density at radius 3 is 2.15 bits per heavy atom. The van der Waals surface area contributed by atoms with Crippen LogP contribution in [0.25, 0.3) is 0 Å². The van der Waals surface area contributed by atoms with Gasteiger partial charge in [-0.1, -0.05) is 0 Å². The van der Waals surface area contributed by atoms with E-state index in [0.717, 1.165) is 52.4 Å². The number of carbonyl (C=O) groups is 1. The Morgan fingerprint density at radius 2 is 1.65 bits per heavy atom. The number of rotatable bonds is 8. The molecule has 0 saturated carbocycles. The molecule has 5 heteroatoms. The molecule has 20 heavy (non-hydrogen) atoms. The molecule has 0 aromatic rings. The van der Waals surface area contributed by atoms with E-state index >= 15 is 0 Å². The van der Waals surface area contributed by atoms with Crippen molar-refractivity contribution in [1.82, 2.24) is 14.7 Å². The van der Waals surface area contributed by atoms with E-state index in [1.165, 1.54) is 0 Å². The first kappa shape index (κ1) is 17.4. The molecule has 1 amide bonds. The van der Waals surface area contributed by atoms with E-state index in [2.05, 4.69) is 23.6 Å². The third-order valence-corrected chi connectivity index (χ3v) is 3.80. The molecule has 1 aliphatic heterocycles. The van der Waals surface area contributed by atoms with Crippen molar-refractivity contribution in [2.75, 3.05) is 59.0 Å². The molecule has 0 aliphatic carbocycles. The summed E-state index contributed by atoms with van der Waals surface area (Å²) in [5.74, 6) is 0.256. The van der Waals surface area contributed by atoms with Gasteiger partial charge in [0.05, 0.1) is 19.3 Å². The quantitative estimate of drug-likeness (QED) is 0.664. The summed E-state index contributed by atoms with van der Waals surface area (Å²) in [5.41, 5.74) is 0. The molecule has 5 nitrogen and oxygen atoms in total. The van der Waals surface area contributed by atoms with Crippen molar-refractivity contribution in [2.24, 2.45) is 0 Å². The average molecular weight is 285 g/mol. The Balaban J connectivity index is 2.20. The van der Waals surface area contributed by atoms with Crippen LogP contribution in [0.1, 0.15) is 27.7 Å². The van der Waals surface area contributed by atoms with Crippen LogP contribution in [-0.2, 0) is 9.53 Å². The molecule has 1 fully saturated rings. The van der Waals surface area contributed by atoms with Gasteiger partial charge in [0.2, 0.25) is 5.91 Å². The smallest absolute Gasteiger partial charge is 0.236 e. The van der Waals surface area contributed by atoms with E-state index in [1.54, 1.807) is 0 Å². The van der Waals surface area contributed by atoms with Crippen LogP contribution in [-0.4, -0.2) is 85.7 Å². The van der Waals surface area contributed by atoms with Gasteiger partial charge in [0.25, 0.3) is 0 Å². The van der Waals surface area contributed by atoms with E-state index in [0.29, 0.717) is 12.6 Å². The number of likely N-dealkylation sites (N-methyl/N-ethyl adjacent to an activating group) is 1. The van der Waals surface area contributed by atoms with Crippen LogP contribution >= 0.6 is 0 Å². The number of ether oxygens (including phenoxy) is 1. The maximum atomic E-state index is 12.1. The molecule has 0 aromatic carbocycles. The zero-order valence-electron chi connectivity index (χ0n) is 13.6. The third-order valence-electron chi connectivity index (χ3n) is 3.80. The summed E-state index contributed by atoms with van der Waals surface area (Å²) < 4.78 is 5.58. The van der Waals surface area contributed by atoms with Gasteiger partial charge in [0.15, 0.2) is 0 Å². The van der Waals surface area contributed by atoms with Crippen LogP contribution < -0.4 is 0 Å². The fourth-order valence-corrected chi connectivity index (χ4v) is 2.46. The lowest BCUT2D eigenvalue weighted by Crippen LogP contribution is -2.50. The molecular weight excluding hydrogens is 254 g/mol. The van der Waals surface area contributed by atoms with Crippen molar-refractivity contribution in [3.8, 4) is 0 Å². The lowest BCUT2D eigenvalue weighted by molar-refractivity contribution is -0.132. The highest BCUT2D eigenvalue weighted by Gasteiger charge is 2.20. The molecule has 118 valence electrons. The minimum Gasteiger partial charge on any atom is -0.377 e. The molecule has 1 rings (SSSR count). The van der Waals surface area contributed by atoms with E-state index < -0.39 is 0 Å². The highest BCUT2D eigenvalue weighted by atomic mass is 16.5.